The van der Waals surface area contributed by atoms with Crippen LogP contribution in [0, 0.1) is 0 Å². The maximum Gasteiger partial charge on any atom is 0.0971 e. The zero-order valence-electron chi connectivity index (χ0n) is 14.9. The summed E-state index contributed by atoms with van der Waals surface area (Å²) in [6.45, 7) is 5.27. The van der Waals surface area contributed by atoms with E-state index in [0.29, 0.717) is 12.6 Å². The van der Waals surface area contributed by atoms with Gasteiger partial charge in [0.15, 0.2) is 0 Å². The van der Waals surface area contributed by atoms with Crippen LogP contribution in [0.5, 0.6) is 0 Å². The molecule has 0 aliphatic carbocycles. The fraction of sp³-hybridized carbons (Fsp3) is 0.350. The summed E-state index contributed by atoms with van der Waals surface area (Å²) in [5.74, 6) is 0. The Balaban J connectivity index is 1.71. The molecule has 6 heteroatoms. The summed E-state index contributed by atoms with van der Waals surface area (Å²) in [5, 5.41) is 0. The predicted molar refractivity (Wildman–Crippen MR) is 106 cm³/mol. The molecule has 0 radical (unpaired) electrons. The van der Waals surface area contributed by atoms with E-state index in [1.807, 2.05) is 30.7 Å². The summed E-state index contributed by atoms with van der Waals surface area (Å²) in [4.78, 5) is 7.35. The summed E-state index contributed by atoms with van der Waals surface area (Å²) in [6, 6.07) is 15.3. The van der Waals surface area contributed by atoms with Crippen LogP contribution < -0.4 is 10.9 Å². The molecule has 4 rings (SSSR count). The van der Waals surface area contributed by atoms with E-state index in [1.165, 1.54) is 15.4 Å². The number of aromatic nitrogens is 2. The minimum atomic E-state index is 0.397. The second-order valence-electron chi connectivity index (χ2n) is 6.31. The Hall–Kier alpha value is -1.99. The van der Waals surface area contributed by atoms with Crippen LogP contribution in [0.25, 0.3) is 21.8 Å². The van der Waals surface area contributed by atoms with Crippen LogP contribution in [-0.2, 0) is 11.3 Å². The lowest BCUT2D eigenvalue weighted by Gasteiger charge is -2.10. The van der Waals surface area contributed by atoms with Gasteiger partial charge in [0.25, 0.3) is 0 Å². The van der Waals surface area contributed by atoms with Gasteiger partial charge >= 0.3 is 0 Å². The van der Waals surface area contributed by atoms with Gasteiger partial charge in [0.1, 0.15) is 0 Å². The van der Waals surface area contributed by atoms with E-state index < -0.39 is 0 Å². The Labute approximate surface area is 158 Å². The molecule has 0 amide bonds. The van der Waals surface area contributed by atoms with E-state index in [9.17, 15) is 0 Å². The quantitative estimate of drug-likeness (QED) is 0.622. The summed E-state index contributed by atoms with van der Waals surface area (Å²) in [5.41, 5.74) is 9.93. The van der Waals surface area contributed by atoms with Gasteiger partial charge in [-0.1, -0.05) is 30.3 Å². The van der Waals surface area contributed by atoms with Crippen LogP contribution in [0.2, 0.25) is 0 Å². The zero-order chi connectivity index (χ0) is 17.8. The third-order valence-electron chi connectivity index (χ3n) is 4.60. The molecule has 136 valence electrons. The Morgan fingerprint density at radius 1 is 1.23 bits per heavy atom. The third kappa shape index (κ3) is 3.59. The largest absolute Gasteiger partial charge is 0.380 e. The van der Waals surface area contributed by atoms with E-state index in [4.69, 9.17) is 9.72 Å². The van der Waals surface area contributed by atoms with Crippen molar-refractivity contribution in [1.82, 2.24) is 20.4 Å². The average molecular weight is 369 g/mol. The van der Waals surface area contributed by atoms with Crippen LogP contribution in [0.15, 0.2) is 48.8 Å². The van der Waals surface area contributed by atoms with Crippen molar-refractivity contribution in [1.29, 1.82) is 0 Å². The minimum absolute atomic E-state index is 0.397. The van der Waals surface area contributed by atoms with Crippen molar-refractivity contribution in [3.8, 4) is 21.8 Å². The number of thiophene rings is 1. The number of ether oxygens (including phenoxy) is 1. The molecule has 2 aromatic heterocycles. The highest BCUT2D eigenvalue weighted by molar-refractivity contribution is 7.15. The topological polar surface area (TPSA) is 51.1 Å². The molecule has 0 bridgehead atoms. The molecule has 3 aromatic rings. The van der Waals surface area contributed by atoms with Gasteiger partial charge in [0.05, 0.1) is 35.2 Å². The van der Waals surface area contributed by atoms with Gasteiger partial charge in [-0.15, -0.1) is 11.3 Å². The molecular weight excluding hydrogens is 344 g/mol. The molecule has 0 spiro atoms. The average Bonchev–Trinajstić information content (AvgIpc) is 3.42. The van der Waals surface area contributed by atoms with Gasteiger partial charge in [-0.25, -0.2) is 10.4 Å². The van der Waals surface area contributed by atoms with Crippen molar-refractivity contribution in [3.05, 3.63) is 53.7 Å². The van der Waals surface area contributed by atoms with Crippen LogP contribution in [-0.4, -0.2) is 29.3 Å². The number of rotatable bonds is 7. The van der Waals surface area contributed by atoms with Gasteiger partial charge in [0, 0.05) is 30.1 Å². The smallest absolute Gasteiger partial charge is 0.0971 e. The molecule has 5 nitrogen and oxygen atoms in total. The Morgan fingerprint density at radius 2 is 2.12 bits per heavy atom. The van der Waals surface area contributed by atoms with E-state index >= 15 is 0 Å². The molecule has 2 N–H and O–H groups in total. The summed E-state index contributed by atoms with van der Waals surface area (Å²) >= 11 is 1.85. The molecule has 26 heavy (non-hydrogen) atoms. The monoisotopic (exact) mass is 368 g/mol. The van der Waals surface area contributed by atoms with Gasteiger partial charge in [0.2, 0.25) is 0 Å². The van der Waals surface area contributed by atoms with Crippen molar-refractivity contribution in [2.24, 2.45) is 0 Å². The lowest BCUT2D eigenvalue weighted by Crippen LogP contribution is -2.24. The van der Waals surface area contributed by atoms with Crippen molar-refractivity contribution < 1.29 is 4.74 Å². The normalized spacial score (nSPS) is 17.0. The SMILES string of the molecule is CCOCCn1cnc(-c2ccccc2)c1-c1ccc(C2CCNN2)s1. The standard InChI is InChI=1S/C20H24N4OS/c1-2-25-13-12-24-14-21-19(15-6-4-3-5-7-15)20(24)18-9-8-17(26-18)16-10-11-22-23-16/h3-9,14,16,22-23H,2,10-13H2,1H3. The first-order valence-corrected chi connectivity index (χ1v) is 9.95. The Bertz CT molecular complexity index is 837. The molecule has 1 saturated heterocycles. The van der Waals surface area contributed by atoms with Gasteiger partial charge < -0.3 is 9.30 Å². The molecular formula is C20H24N4OS. The fourth-order valence-electron chi connectivity index (χ4n) is 3.29. The maximum absolute atomic E-state index is 5.57. The summed E-state index contributed by atoms with van der Waals surface area (Å²) in [6.07, 6.45) is 3.06. The van der Waals surface area contributed by atoms with Crippen molar-refractivity contribution >= 4 is 11.3 Å². The number of imidazole rings is 1. The molecule has 3 heterocycles. The van der Waals surface area contributed by atoms with Crippen LogP contribution >= 0.6 is 11.3 Å². The van der Waals surface area contributed by atoms with Gasteiger partial charge in [-0.05, 0) is 25.5 Å². The number of nitrogens with zero attached hydrogens (tertiary/aromatic N) is 2. The maximum atomic E-state index is 5.57. The summed E-state index contributed by atoms with van der Waals surface area (Å²) < 4.78 is 7.78. The minimum Gasteiger partial charge on any atom is -0.380 e. The van der Waals surface area contributed by atoms with Crippen molar-refractivity contribution in [2.45, 2.75) is 25.9 Å². The van der Waals surface area contributed by atoms with Gasteiger partial charge in [-0.3, -0.25) is 5.43 Å². The van der Waals surface area contributed by atoms with Crippen LogP contribution in [0.1, 0.15) is 24.3 Å². The molecule has 1 aromatic carbocycles. The molecule has 1 fully saturated rings. The highest BCUT2D eigenvalue weighted by atomic mass is 32.1. The number of hydrogen-bond acceptors (Lipinski definition) is 5. The predicted octanol–water partition coefficient (Wildman–Crippen LogP) is 3.85. The number of benzene rings is 1. The molecule has 1 aliphatic rings. The van der Waals surface area contributed by atoms with Crippen LogP contribution in [0.4, 0.5) is 0 Å². The molecule has 1 aliphatic heterocycles. The van der Waals surface area contributed by atoms with E-state index in [-0.39, 0.29) is 0 Å². The Kier molecular flexibility index (Phi) is 5.45. The summed E-state index contributed by atoms with van der Waals surface area (Å²) in [7, 11) is 0. The molecule has 1 atom stereocenters. The highest BCUT2D eigenvalue weighted by Gasteiger charge is 2.21. The molecule has 0 saturated carbocycles. The zero-order valence-corrected chi connectivity index (χ0v) is 15.8. The lowest BCUT2D eigenvalue weighted by atomic mass is 10.1. The first kappa shape index (κ1) is 17.4. The highest BCUT2D eigenvalue weighted by Crippen LogP contribution is 2.38. The second-order valence-corrected chi connectivity index (χ2v) is 7.43. The van der Waals surface area contributed by atoms with E-state index in [0.717, 1.165) is 37.4 Å². The fourth-order valence-corrected chi connectivity index (χ4v) is 4.45. The first-order chi connectivity index (χ1) is 12.9. The molecule has 1 unspecified atom stereocenters. The van der Waals surface area contributed by atoms with Gasteiger partial charge in [-0.2, -0.15) is 0 Å². The van der Waals surface area contributed by atoms with Crippen LogP contribution in [0.3, 0.4) is 0 Å². The number of hydrazine groups is 1. The second kappa shape index (κ2) is 8.14. The van der Waals surface area contributed by atoms with Crippen molar-refractivity contribution in [2.75, 3.05) is 19.8 Å². The Morgan fingerprint density at radius 3 is 2.88 bits per heavy atom. The van der Waals surface area contributed by atoms with E-state index in [1.54, 1.807) is 0 Å². The first-order valence-electron chi connectivity index (χ1n) is 9.13. The third-order valence-corrected chi connectivity index (χ3v) is 5.81. The lowest BCUT2D eigenvalue weighted by molar-refractivity contribution is 0.139. The number of nitrogens with one attached hydrogen (secondary N) is 2. The van der Waals surface area contributed by atoms with E-state index in [2.05, 4.69) is 51.8 Å². The van der Waals surface area contributed by atoms with Crippen molar-refractivity contribution in [3.63, 3.8) is 0 Å². The number of hydrogen-bond donors (Lipinski definition) is 2.